The van der Waals surface area contributed by atoms with Crippen molar-refractivity contribution in [1.29, 1.82) is 0 Å². The lowest BCUT2D eigenvalue weighted by atomic mass is 9.65. The molecule has 2 unspecified atom stereocenters. The van der Waals surface area contributed by atoms with E-state index in [1.54, 1.807) is 0 Å². The van der Waals surface area contributed by atoms with E-state index in [0.29, 0.717) is 12.1 Å². The molecule has 6 nitrogen and oxygen atoms in total. The minimum Gasteiger partial charge on any atom is -0.392 e. The number of hydrogen-bond acceptors (Lipinski definition) is 6. The molecule has 0 aromatic heterocycles. The molecule has 0 saturated carbocycles. The Morgan fingerprint density at radius 2 is 1.03 bits per heavy atom. The molecular weight excluding hydrogens is 434 g/mol. The van der Waals surface area contributed by atoms with E-state index in [4.69, 9.17) is 11.5 Å². The summed E-state index contributed by atoms with van der Waals surface area (Å²) in [6.45, 7) is 28.8. The van der Waals surface area contributed by atoms with Crippen molar-refractivity contribution >= 4 is 0 Å². The molecule has 6 heteroatoms. The van der Waals surface area contributed by atoms with E-state index in [1.165, 1.54) is 0 Å². The first-order valence-corrected chi connectivity index (χ1v) is 13.8. The molecule has 3 aliphatic heterocycles. The van der Waals surface area contributed by atoms with Gasteiger partial charge in [0.2, 0.25) is 0 Å². The lowest BCUT2D eigenvalue weighted by Crippen LogP contribution is -2.63. The fourth-order valence-corrected chi connectivity index (χ4v) is 6.18. The van der Waals surface area contributed by atoms with Crippen molar-refractivity contribution in [1.82, 2.24) is 15.1 Å². The molecular formula is C29H63N5O. The molecule has 3 aliphatic rings. The second-order valence-corrected chi connectivity index (χ2v) is 15.2. The summed E-state index contributed by atoms with van der Waals surface area (Å²) in [6.07, 6.45) is 4.01. The molecule has 6 N–H and O–H groups in total. The largest absolute Gasteiger partial charge is 0.392 e. The van der Waals surface area contributed by atoms with Crippen LogP contribution in [0.2, 0.25) is 0 Å². The van der Waals surface area contributed by atoms with Gasteiger partial charge >= 0.3 is 0 Å². The van der Waals surface area contributed by atoms with E-state index in [-0.39, 0.29) is 39.1 Å². The number of aliphatic hydroxyl groups is 1. The fraction of sp³-hybridized carbons (Fsp3) is 1.00. The smallest absolute Gasteiger partial charge is 0.0620 e. The van der Waals surface area contributed by atoms with Crippen molar-refractivity contribution in [2.75, 3.05) is 27.2 Å². The van der Waals surface area contributed by atoms with Crippen LogP contribution in [0.1, 0.15) is 109 Å². The van der Waals surface area contributed by atoms with Crippen LogP contribution in [0.25, 0.3) is 0 Å². The number of nitrogens with one attached hydrogen (secondary N) is 1. The summed E-state index contributed by atoms with van der Waals surface area (Å²) < 4.78 is 0. The summed E-state index contributed by atoms with van der Waals surface area (Å²) in [6, 6.07) is 0.699. The Morgan fingerprint density at radius 3 is 1.37 bits per heavy atom. The Bertz CT molecular complexity index is 587. The van der Waals surface area contributed by atoms with Crippen molar-refractivity contribution in [3.05, 3.63) is 0 Å². The van der Waals surface area contributed by atoms with Crippen LogP contribution < -0.4 is 16.8 Å². The standard InChI is InChI=1S/C10H22N2.C10H21NO.C9H20N2/c1-9(2)8(11)6-7-12(5)10(9,3)4;1-9(2)8(12)6-7-11(5)10(9,3)4;1-8(2)5-7(10)6-9(3,4)11-8/h8H,6-7,11H2,1-5H3;8,12H,6-7H2,1-5H3;7,11H,5-6,10H2,1-4H3. The zero-order valence-corrected chi connectivity index (χ0v) is 26.0. The van der Waals surface area contributed by atoms with Crippen LogP contribution in [-0.4, -0.2) is 82.4 Å². The lowest BCUT2D eigenvalue weighted by molar-refractivity contribution is -0.103. The van der Waals surface area contributed by atoms with Gasteiger partial charge in [0, 0.05) is 46.2 Å². The van der Waals surface area contributed by atoms with Crippen molar-refractivity contribution in [3.8, 4) is 0 Å². The van der Waals surface area contributed by atoms with Crippen LogP contribution in [0, 0.1) is 10.8 Å². The van der Waals surface area contributed by atoms with Gasteiger partial charge in [-0.25, -0.2) is 0 Å². The van der Waals surface area contributed by atoms with Crippen molar-refractivity contribution in [2.45, 2.75) is 149 Å². The third-order valence-corrected chi connectivity index (χ3v) is 10.6. The molecule has 3 rings (SSSR count). The number of nitrogens with two attached hydrogens (primary N) is 2. The van der Waals surface area contributed by atoms with Gasteiger partial charge in [-0.1, -0.05) is 27.7 Å². The molecule has 2 atom stereocenters. The van der Waals surface area contributed by atoms with Crippen LogP contribution in [0.4, 0.5) is 0 Å². The molecule has 35 heavy (non-hydrogen) atoms. The van der Waals surface area contributed by atoms with E-state index in [9.17, 15) is 5.11 Å². The van der Waals surface area contributed by atoms with E-state index < -0.39 is 0 Å². The van der Waals surface area contributed by atoms with E-state index in [2.05, 4.69) is 112 Å². The van der Waals surface area contributed by atoms with Gasteiger partial charge in [0.1, 0.15) is 0 Å². The van der Waals surface area contributed by atoms with Crippen molar-refractivity contribution in [3.63, 3.8) is 0 Å². The highest BCUT2D eigenvalue weighted by molar-refractivity contribution is 5.04. The predicted molar refractivity (Wildman–Crippen MR) is 153 cm³/mol. The third-order valence-electron chi connectivity index (χ3n) is 10.6. The number of nitrogens with zero attached hydrogens (tertiary/aromatic N) is 2. The van der Waals surface area contributed by atoms with Gasteiger partial charge in [-0.15, -0.1) is 0 Å². The quantitative estimate of drug-likeness (QED) is 0.401. The highest BCUT2D eigenvalue weighted by atomic mass is 16.3. The topological polar surface area (TPSA) is 90.8 Å². The van der Waals surface area contributed by atoms with Crippen LogP contribution in [0.15, 0.2) is 0 Å². The number of aliphatic hydroxyl groups excluding tert-OH is 1. The monoisotopic (exact) mass is 498 g/mol. The summed E-state index contributed by atoms with van der Waals surface area (Å²) in [7, 11) is 4.32. The molecule has 3 heterocycles. The second-order valence-electron chi connectivity index (χ2n) is 15.2. The van der Waals surface area contributed by atoms with E-state index in [0.717, 1.165) is 38.8 Å². The first kappa shape index (κ1) is 32.8. The SMILES string of the molecule is CC1(C)CC(N)CC(C)(C)N1.CN1CCC(N)C(C)(C)C1(C)C.CN1CCC(O)C(C)(C)C1(C)C. The fourth-order valence-electron chi connectivity index (χ4n) is 6.18. The van der Waals surface area contributed by atoms with Gasteiger partial charge in [-0.3, -0.25) is 0 Å². The van der Waals surface area contributed by atoms with E-state index >= 15 is 0 Å². The second kappa shape index (κ2) is 10.9. The van der Waals surface area contributed by atoms with Crippen molar-refractivity contribution < 1.29 is 5.11 Å². The summed E-state index contributed by atoms with van der Waals surface area (Å²) in [5.41, 5.74) is 13.0. The third kappa shape index (κ3) is 7.42. The van der Waals surface area contributed by atoms with Gasteiger partial charge in [0.05, 0.1) is 6.10 Å². The minimum atomic E-state index is -0.163. The molecule has 3 saturated heterocycles. The Morgan fingerprint density at radius 1 is 0.657 bits per heavy atom. The molecule has 0 aromatic rings. The minimum absolute atomic E-state index is 0.0139. The number of piperidine rings is 3. The Labute approximate surface area is 218 Å². The normalized spacial score (nSPS) is 33.5. The van der Waals surface area contributed by atoms with Crippen LogP contribution in [0.3, 0.4) is 0 Å². The number of likely N-dealkylation sites (tertiary alicyclic amines) is 2. The maximum absolute atomic E-state index is 9.86. The molecule has 0 aromatic carbocycles. The summed E-state index contributed by atoms with van der Waals surface area (Å²) >= 11 is 0. The first-order valence-electron chi connectivity index (χ1n) is 13.8. The lowest BCUT2D eigenvalue weighted by Gasteiger charge is -2.55. The van der Waals surface area contributed by atoms with Crippen LogP contribution in [-0.2, 0) is 0 Å². The number of rotatable bonds is 0. The molecule has 0 bridgehead atoms. The van der Waals surface area contributed by atoms with Gasteiger partial charge < -0.3 is 31.7 Å². The van der Waals surface area contributed by atoms with Gasteiger partial charge in [0.15, 0.2) is 0 Å². The highest BCUT2D eigenvalue weighted by Crippen LogP contribution is 2.43. The van der Waals surface area contributed by atoms with Crippen LogP contribution in [0.5, 0.6) is 0 Å². The van der Waals surface area contributed by atoms with E-state index in [1.807, 2.05) is 0 Å². The molecule has 0 amide bonds. The summed E-state index contributed by atoms with van der Waals surface area (Å²) in [4.78, 5) is 4.75. The zero-order chi connectivity index (χ0) is 27.8. The summed E-state index contributed by atoms with van der Waals surface area (Å²) in [5.74, 6) is 0. The Balaban J connectivity index is 0.000000263. The average Bonchev–Trinajstić information content (AvgIpc) is 2.65. The van der Waals surface area contributed by atoms with Gasteiger partial charge in [-0.05, 0) is 107 Å². The van der Waals surface area contributed by atoms with Gasteiger partial charge in [-0.2, -0.15) is 0 Å². The zero-order valence-electron chi connectivity index (χ0n) is 26.0. The van der Waals surface area contributed by atoms with Gasteiger partial charge in [0.25, 0.3) is 0 Å². The van der Waals surface area contributed by atoms with Crippen LogP contribution >= 0.6 is 0 Å². The van der Waals surface area contributed by atoms with Crippen molar-refractivity contribution in [2.24, 2.45) is 22.3 Å². The Hall–Kier alpha value is -0.240. The molecule has 3 fully saturated rings. The molecule has 0 radical (unpaired) electrons. The first-order chi connectivity index (χ1) is 15.4. The maximum Gasteiger partial charge on any atom is 0.0620 e. The highest BCUT2D eigenvalue weighted by Gasteiger charge is 2.48. The molecule has 0 spiro atoms. The molecule has 0 aliphatic carbocycles. The maximum atomic E-state index is 9.86. The average molecular weight is 498 g/mol. The summed E-state index contributed by atoms with van der Waals surface area (Å²) in [5, 5.41) is 13.4. The number of hydrogen-bond donors (Lipinski definition) is 4. The Kier molecular flexibility index (Phi) is 10.2. The predicted octanol–water partition coefficient (Wildman–Crippen LogP) is 4.20. The molecule has 210 valence electrons.